The van der Waals surface area contributed by atoms with Crippen LogP contribution in [-0.4, -0.2) is 16.0 Å². The van der Waals surface area contributed by atoms with Crippen LogP contribution in [0.25, 0.3) is 0 Å². The minimum absolute atomic E-state index is 0.00407. The van der Waals surface area contributed by atoms with Crippen molar-refractivity contribution in [3.8, 4) is 11.5 Å². The van der Waals surface area contributed by atoms with Gasteiger partial charge in [0.1, 0.15) is 11.5 Å². The van der Waals surface area contributed by atoms with Crippen LogP contribution < -0.4 is 9.47 Å². The topological polar surface area (TPSA) is 122 Å². The lowest BCUT2D eigenvalue weighted by Crippen LogP contribution is -2.16. The van der Waals surface area contributed by atoms with Crippen molar-refractivity contribution < 1.29 is 24.1 Å². The number of nitrogens with zero attached hydrogens (tertiary/aromatic N) is 2. The molecule has 148 valence electrons. The quantitative estimate of drug-likeness (QED) is 0.0970. The fourth-order valence-corrected chi connectivity index (χ4v) is 3.81. The number of nitro benzene ring substituents is 2. The van der Waals surface area contributed by atoms with Gasteiger partial charge in [0.2, 0.25) is 0 Å². The van der Waals surface area contributed by atoms with Crippen molar-refractivity contribution in [2.45, 2.75) is 21.7 Å². The molecule has 0 aliphatic carbocycles. The first kappa shape index (κ1) is 22.3. The number of carbonyl (C=O) groups excluding carboxylic acids is 1. The van der Waals surface area contributed by atoms with Crippen LogP contribution in [0.1, 0.15) is 32.8 Å². The highest BCUT2D eigenvalue weighted by Crippen LogP contribution is 2.40. The number of rotatable bonds is 6. The van der Waals surface area contributed by atoms with E-state index in [1.54, 1.807) is 13.8 Å². The van der Waals surface area contributed by atoms with Gasteiger partial charge in [-0.05, 0) is 26.0 Å². The fourth-order valence-electron chi connectivity index (χ4n) is 2.56. The number of ether oxygens (including phenoxy) is 2. The van der Waals surface area contributed by atoms with Crippen LogP contribution in [0.5, 0.6) is 11.5 Å². The molecule has 0 saturated carbocycles. The summed E-state index contributed by atoms with van der Waals surface area (Å²) in [6, 6.07) is 8.28. The molecule has 0 spiro atoms. The Kier molecular flexibility index (Phi) is 7.51. The zero-order chi connectivity index (χ0) is 21.0. The number of hydrogen-bond acceptors (Lipinski definition) is 7. The van der Waals surface area contributed by atoms with Crippen LogP contribution in [0.15, 0.2) is 36.4 Å². The maximum absolute atomic E-state index is 12.3. The average molecular weight is 612 g/mol. The summed E-state index contributed by atoms with van der Waals surface area (Å²) in [6.07, 6.45) is -1.14. The maximum atomic E-state index is 12.3. The molecule has 0 saturated heterocycles. The van der Waals surface area contributed by atoms with Crippen molar-refractivity contribution in [3.05, 3.63) is 67.8 Å². The molecule has 0 aromatic heterocycles. The number of halogens is 2. The Labute approximate surface area is 187 Å². The van der Waals surface area contributed by atoms with Crippen molar-refractivity contribution in [2.75, 3.05) is 0 Å². The average Bonchev–Trinajstić information content (AvgIpc) is 2.60. The Morgan fingerprint density at radius 1 is 0.857 bits per heavy atom. The lowest BCUT2D eigenvalue weighted by Gasteiger charge is -2.14. The van der Waals surface area contributed by atoms with E-state index in [1.807, 2.05) is 45.2 Å². The second-order valence-electron chi connectivity index (χ2n) is 5.58. The van der Waals surface area contributed by atoms with E-state index in [1.165, 1.54) is 36.4 Å². The molecule has 2 aromatic rings. The van der Waals surface area contributed by atoms with Crippen molar-refractivity contribution in [3.63, 3.8) is 0 Å². The third kappa shape index (κ3) is 5.06. The first-order chi connectivity index (χ1) is 13.1. The second-order valence-corrected chi connectivity index (χ2v) is 9.32. The van der Waals surface area contributed by atoms with Crippen LogP contribution in [0.3, 0.4) is 0 Å². The Morgan fingerprint density at radius 3 is 1.50 bits per heavy atom. The van der Waals surface area contributed by atoms with Crippen LogP contribution in [0, 0.1) is 20.2 Å². The predicted octanol–water partition coefficient (Wildman–Crippen LogP) is 6.07. The van der Waals surface area contributed by atoms with E-state index < -0.39 is 16.0 Å². The summed E-state index contributed by atoms with van der Waals surface area (Å²) < 4.78 is 9.76. The Balaban J connectivity index is 2.37. The third-order valence-electron chi connectivity index (χ3n) is 3.66. The van der Waals surface area contributed by atoms with E-state index in [9.17, 15) is 25.0 Å². The third-order valence-corrected chi connectivity index (χ3v) is 4.91. The van der Waals surface area contributed by atoms with Gasteiger partial charge < -0.3 is 9.47 Å². The highest BCUT2D eigenvalue weighted by Gasteiger charge is 2.27. The van der Waals surface area contributed by atoms with Gasteiger partial charge in [0.05, 0.1) is 21.0 Å². The van der Waals surface area contributed by atoms with Crippen molar-refractivity contribution >= 4 is 62.7 Å². The summed E-state index contributed by atoms with van der Waals surface area (Å²) in [5.74, 6) is -0.00814. The lowest BCUT2D eigenvalue weighted by atomic mass is 10.1. The van der Waals surface area contributed by atoms with Gasteiger partial charge >= 0.3 is 6.16 Å². The Morgan fingerprint density at radius 2 is 1.21 bits per heavy atom. The van der Waals surface area contributed by atoms with E-state index in [-0.39, 0.29) is 41.8 Å². The zero-order valence-corrected chi connectivity index (χ0v) is 18.9. The summed E-state index contributed by atoms with van der Waals surface area (Å²) in [7, 11) is 0. The van der Waals surface area contributed by atoms with E-state index in [0.717, 1.165) is 0 Å². The van der Waals surface area contributed by atoms with Gasteiger partial charge in [-0.15, -0.1) is 0 Å². The highest BCUT2D eigenvalue weighted by molar-refractivity contribution is 14.1. The number of hydrogen-bond donors (Lipinski definition) is 0. The SMILES string of the molecule is CC(I)c1c(OC(=O)Oc2cccc([N+](=O)[O-])c2C(C)I)cccc1[N+](=O)[O-]. The van der Waals surface area contributed by atoms with Gasteiger partial charge in [-0.3, -0.25) is 20.2 Å². The Bertz CT molecular complexity index is 858. The largest absolute Gasteiger partial charge is 0.519 e. The summed E-state index contributed by atoms with van der Waals surface area (Å²) in [5, 5.41) is 22.5. The summed E-state index contributed by atoms with van der Waals surface area (Å²) >= 11 is 3.95. The van der Waals surface area contributed by atoms with E-state index in [2.05, 4.69) is 0 Å². The second kappa shape index (κ2) is 9.45. The molecule has 0 aliphatic heterocycles. The monoisotopic (exact) mass is 612 g/mol. The number of carbonyl (C=O) groups is 1. The molecule has 11 heteroatoms. The normalized spacial score (nSPS) is 12.7. The first-order valence-electron chi connectivity index (χ1n) is 7.85. The van der Waals surface area contributed by atoms with Gasteiger partial charge in [-0.2, -0.15) is 0 Å². The van der Waals surface area contributed by atoms with Crippen LogP contribution >= 0.6 is 45.2 Å². The molecular weight excluding hydrogens is 598 g/mol. The van der Waals surface area contributed by atoms with E-state index in [0.29, 0.717) is 0 Å². The minimum atomic E-state index is -1.14. The molecule has 2 atom stereocenters. The predicted molar refractivity (Wildman–Crippen MR) is 118 cm³/mol. The number of benzene rings is 2. The summed E-state index contributed by atoms with van der Waals surface area (Å²) in [5.41, 5.74) is 0.131. The fraction of sp³-hybridized carbons (Fsp3) is 0.235. The molecule has 0 bridgehead atoms. The molecule has 0 aliphatic rings. The summed E-state index contributed by atoms with van der Waals surface area (Å²) in [6.45, 7) is 3.44. The first-order valence-corrected chi connectivity index (χ1v) is 10.3. The Hall–Kier alpha value is -2.03. The minimum Gasteiger partial charge on any atom is -0.394 e. The van der Waals surface area contributed by atoms with Gasteiger partial charge in [0, 0.05) is 20.0 Å². The number of alkyl halides is 2. The van der Waals surface area contributed by atoms with Crippen molar-refractivity contribution in [2.24, 2.45) is 0 Å². The molecule has 9 nitrogen and oxygen atoms in total. The zero-order valence-electron chi connectivity index (χ0n) is 14.6. The molecule has 2 rings (SSSR count). The maximum Gasteiger partial charge on any atom is 0.519 e. The van der Waals surface area contributed by atoms with Crippen LogP contribution in [0.4, 0.5) is 16.2 Å². The van der Waals surface area contributed by atoms with Crippen molar-refractivity contribution in [1.29, 1.82) is 0 Å². The molecule has 0 fully saturated rings. The standard InChI is InChI=1S/C17H14I2N2O7/c1-9(18)15-11(20(23)24)5-3-7-13(15)27-17(22)28-14-8-4-6-12(21(25)26)16(14)10(2)19/h3-10H,1-2H3. The molecule has 0 N–H and O–H groups in total. The molecule has 0 amide bonds. The smallest absolute Gasteiger partial charge is 0.394 e. The van der Waals surface area contributed by atoms with Gasteiger partial charge in [0.15, 0.2) is 0 Å². The van der Waals surface area contributed by atoms with Crippen LogP contribution in [-0.2, 0) is 0 Å². The highest BCUT2D eigenvalue weighted by atomic mass is 127. The van der Waals surface area contributed by atoms with Crippen molar-refractivity contribution in [1.82, 2.24) is 0 Å². The van der Waals surface area contributed by atoms with E-state index in [4.69, 9.17) is 9.47 Å². The molecule has 0 heterocycles. The molecular formula is C17H14I2N2O7. The summed E-state index contributed by atoms with van der Waals surface area (Å²) in [4.78, 5) is 33.7. The molecule has 2 aromatic carbocycles. The van der Waals surface area contributed by atoms with Gasteiger partial charge in [-0.25, -0.2) is 4.79 Å². The molecule has 2 unspecified atom stereocenters. The van der Waals surface area contributed by atoms with E-state index >= 15 is 0 Å². The molecule has 0 radical (unpaired) electrons. The number of nitro groups is 2. The molecule has 28 heavy (non-hydrogen) atoms. The van der Waals surface area contributed by atoms with Crippen LogP contribution in [0.2, 0.25) is 0 Å². The lowest BCUT2D eigenvalue weighted by molar-refractivity contribution is -0.385. The van der Waals surface area contributed by atoms with Gasteiger partial charge in [0.25, 0.3) is 11.4 Å². The van der Waals surface area contributed by atoms with Gasteiger partial charge in [-0.1, -0.05) is 57.3 Å².